The van der Waals surface area contributed by atoms with Gasteiger partial charge in [-0.1, -0.05) is 68.4 Å². The molecule has 0 bridgehead atoms. The number of rotatable bonds is 1. The van der Waals surface area contributed by atoms with Crippen molar-refractivity contribution in [1.29, 1.82) is 0 Å². The van der Waals surface area contributed by atoms with Crippen LogP contribution in [-0.2, 0) is 5.41 Å². The summed E-state index contributed by atoms with van der Waals surface area (Å²) in [6, 6.07) is 26.5. The Bertz CT molecular complexity index is 945. The molecule has 0 fully saturated rings. The summed E-state index contributed by atoms with van der Waals surface area (Å²) in [4.78, 5) is 2.50. The summed E-state index contributed by atoms with van der Waals surface area (Å²) in [5.41, 5.74) is 7.97. The zero-order chi connectivity index (χ0) is 18.5. The molecule has 0 radical (unpaired) electrons. The van der Waals surface area contributed by atoms with Crippen LogP contribution in [0.3, 0.4) is 0 Å². The average molecular weight is 341 g/mol. The second kappa shape index (κ2) is 5.74. The smallest absolute Gasteiger partial charge is 0.0457 e. The van der Waals surface area contributed by atoms with Crippen LogP contribution in [0, 0.1) is 0 Å². The van der Waals surface area contributed by atoms with Crippen molar-refractivity contribution < 1.29 is 0 Å². The van der Waals surface area contributed by atoms with Crippen molar-refractivity contribution >= 4 is 11.4 Å². The summed E-state index contributed by atoms with van der Waals surface area (Å²) < 4.78 is 0. The monoisotopic (exact) mass is 341 g/mol. The van der Waals surface area contributed by atoms with Gasteiger partial charge in [-0.25, -0.2) is 0 Å². The van der Waals surface area contributed by atoms with E-state index in [-0.39, 0.29) is 11.0 Å². The minimum absolute atomic E-state index is 0.00954. The molecule has 0 unspecified atom stereocenters. The lowest BCUT2D eigenvalue weighted by Crippen LogP contribution is -2.43. The first-order valence-electron chi connectivity index (χ1n) is 9.40. The van der Waals surface area contributed by atoms with Gasteiger partial charge in [0.1, 0.15) is 0 Å². The summed E-state index contributed by atoms with van der Waals surface area (Å²) in [6.07, 6.45) is 0. The zero-order valence-electron chi connectivity index (χ0n) is 16.4. The molecular weight excluding hydrogens is 314 g/mol. The molecule has 0 aromatic heterocycles. The van der Waals surface area contributed by atoms with E-state index in [9.17, 15) is 0 Å². The van der Waals surface area contributed by atoms with Crippen molar-refractivity contribution in [3.63, 3.8) is 0 Å². The summed E-state index contributed by atoms with van der Waals surface area (Å²) in [6.45, 7) is 11.6. The van der Waals surface area contributed by atoms with Crippen molar-refractivity contribution in [2.24, 2.45) is 0 Å². The summed E-state index contributed by atoms with van der Waals surface area (Å²) in [5, 5.41) is 0. The Balaban J connectivity index is 1.98. The van der Waals surface area contributed by atoms with Crippen LogP contribution < -0.4 is 4.90 Å². The molecule has 0 saturated heterocycles. The fourth-order valence-electron chi connectivity index (χ4n) is 4.24. The molecule has 1 aliphatic heterocycles. The molecule has 0 spiro atoms. The number of nitrogens with zero attached hydrogens (tertiary/aromatic N) is 1. The lowest BCUT2D eigenvalue weighted by Gasteiger charge is -2.48. The molecule has 3 aromatic carbocycles. The third kappa shape index (κ3) is 2.54. The summed E-state index contributed by atoms with van der Waals surface area (Å²) in [7, 11) is 0. The summed E-state index contributed by atoms with van der Waals surface area (Å²) in [5.74, 6) is 0. The molecule has 1 aliphatic rings. The van der Waals surface area contributed by atoms with Crippen LogP contribution >= 0.6 is 0 Å². The SMILES string of the molecule is CC1(C)c2ccccc2N(C(C)(C)C)c2ccc(-c3ccccc3)cc21. The normalized spacial score (nSPS) is 15.3. The Kier molecular flexibility index (Phi) is 3.73. The van der Waals surface area contributed by atoms with E-state index in [1.807, 2.05) is 0 Å². The first-order valence-corrected chi connectivity index (χ1v) is 9.40. The van der Waals surface area contributed by atoms with E-state index < -0.39 is 0 Å². The summed E-state index contributed by atoms with van der Waals surface area (Å²) >= 11 is 0. The van der Waals surface area contributed by atoms with Crippen LogP contribution in [0.5, 0.6) is 0 Å². The van der Waals surface area contributed by atoms with Gasteiger partial charge in [0.15, 0.2) is 0 Å². The molecule has 0 amide bonds. The van der Waals surface area contributed by atoms with E-state index in [4.69, 9.17) is 0 Å². The molecule has 0 aliphatic carbocycles. The van der Waals surface area contributed by atoms with Crippen molar-refractivity contribution in [3.05, 3.63) is 83.9 Å². The average Bonchev–Trinajstić information content (AvgIpc) is 2.61. The van der Waals surface area contributed by atoms with Crippen LogP contribution in [0.2, 0.25) is 0 Å². The Morgan fingerprint density at radius 1 is 0.654 bits per heavy atom. The molecule has 3 aromatic rings. The zero-order valence-corrected chi connectivity index (χ0v) is 16.4. The fourth-order valence-corrected chi connectivity index (χ4v) is 4.24. The van der Waals surface area contributed by atoms with E-state index in [1.165, 1.54) is 33.6 Å². The molecule has 1 nitrogen and oxygen atoms in total. The topological polar surface area (TPSA) is 3.24 Å². The van der Waals surface area contributed by atoms with Crippen LogP contribution in [-0.4, -0.2) is 5.54 Å². The van der Waals surface area contributed by atoms with Gasteiger partial charge in [0, 0.05) is 22.3 Å². The minimum Gasteiger partial charge on any atom is -0.336 e. The number of benzene rings is 3. The largest absolute Gasteiger partial charge is 0.336 e. The van der Waals surface area contributed by atoms with Crippen molar-refractivity contribution in [2.45, 2.75) is 45.6 Å². The lowest BCUT2D eigenvalue weighted by atomic mass is 9.72. The highest BCUT2D eigenvalue weighted by atomic mass is 15.2. The first kappa shape index (κ1) is 16.9. The van der Waals surface area contributed by atoms with Gasteiger partial charge < -0.3 is 4.90 Å². The Labute approximate surface area is 157 Å². The fraction of sp³-hybridized carbons (Fsp3) is 0.280. The molecule has 1 heteroatoms. The third-order valence-corrected chi connectivity index (χ3v) is 5.51. The minimum atomic E-state index is -0.0293. The van der Waals surface area contributed by atoms with Crippen LogP contribution in [0.1, 0.15) is 45.7 Å². The highest BCUT2D eigenvalue weighted by Gasteiger charge is 2.39. The van der Waals surface area contributed by atoms with Crippen molar-refractivity contribution in [1.82, 2.24) is 0 Å². The lowest BCUT2D eigenvalue weighted by molar-refractivity contribution is 0.530. The molecule has 0 saturated carbocycles. The van der Waals surface area contributed by atoms with Crippen LogP contribution in [0.4, 0.5) is 11.4 Å². The van der Waals surface area contributed by atoms with Crippen molar-refractivity contribution in [2.75, 3.05) is 4.90 Å². The van der Waals surface area contributed by atoms with E-state index in [0.717, 1.165) is 0 Å². The highest BCUT2D eigenvalue weighted by molar-refractivity contribution is 5.81. The predicted octanol–water partition coefficient (Wildman–Crippen LogP) is 6.93. The predicted molar refractivity (Wildman–Crippen MR) is 112 cm³/mol. The molecule has 4 rings (SSSR count). The van der Waals surface area contributed by atoms with Crippen LogP contribution in [0.25, 0.3) is 11.1 Å². The maximum absolute atomic E-state index is 2.50. The quantitative estimate of drug-likeness (QED) is 0.464. The molecule has 0 atom stereocenters. The third-order valence-electron chi connectivity index (χ3n) is 5.51. The van der Waals surface area contributed by atoms with Gasteiger partial charge in [0.05, 0.1) is 0 Å². The van der Waals surface area contributed by atoms with Crippen molar-refractivity contribution in [3.8, 4) is 11.1 Å². The van der Waals surface area contributed by atoms with Gasteiger partial charge in [-0.15, -0.1) is 0 Å². The van der Waals surface area contributed by atoms with Gasteiger partial charge in [0.2, 0.25) is 0 Å². The number of para-hydroxylation sites is 1. The molecule has 132 valence electrons. The van der Waals surface area contributed by atoms with Gasteiger partial charge in [-0.3, -0.25) is 0 Å². The maximum Gasteiger partial charge on any atom is 0.0457 e. The van der Waals surface area contributed by atoms with Crippen LogP contribution in [0.15, 0.2) is 72.8 Å². The molecular formula is C25H27N. The van der Waals surface area contributed by atoms with E-state index in [1.54, 1.807) is 0 Å². The Morgan fingerprint density at radius 3 is 1.96 bits per heavy atom. The van der Waals surface area contributed by atoms with Gasteiger partial charge in [0.25, 0.3) is 0 Å². The van der Waals surface area contributed by atoms with E-state index >= 15 is 0 Å². The molecule has 0 N–H and O–H groups in total. The van der Waals surface area contributed by atoms with Gasteiger partial charge in [-0.2, -0.15) is 0 Å². The number of hydrogen-bond donors (Lipinski definition) is 0. The number of anilines is 2. The second-order valence-electron chi connectivity index (χ2n) is 8.75. The maximum atomic E-state index is 2.50. The Hall–Kier alpha value is -2.54. The van der Waals surface area contributed by atoms with Gasteiger partial charge in [-0.05, 0) is 61.2 Å². The molecule has 1 heterocycles. The first-order chi connectivity index (χ1) is 12.3. The standard InChI is InChI=1S/C25H27N/c1-24(2,3)26-22-14-10-9-13-20(22)25(4,5)21-17-19(15-16-23(21)26)18-11-7-6-8-12-18/h6-17H,1-5H3. The molecule has 26 heavy (non-hydrogen) atoms. The second-order valence-corrected chi connectivity index (χ2v) is 8.75. The Morgan fingerprint density at radius 2 is 1.27 bits per heavy atom. The van der Waals surface area contributed by atoms with Gasteiger partial charge >= 0.3 is 0 Å². The van der Waals surface area contributed by atoms with E-state index in [2.05, 4.69) is 112 Å². The highest BCUT2D eigenvalue weighted by Crippen LogP contribution is 2.51. The number of hydrogen-bond acceptors (Lipinski definition) is 1. The van der Waals surface area contributed by atoms with E-state index in [0.29, 0.717) is 0 Å². The number of fused-ring (bicyclic) bond motifs is 2.